The Kier molecular flexibility index (Phi) is 5.15. The van der Waals surface area contributed by atoms with E-state index in [1.54, 1.807) is 36.4 Å². The molecule has 0 saturated heterocycles. The van der Waals surface area contributed by atoms with E-state index in [0.29, 0.717) is 27.0 Å². The topological polar surface area (TPSA) is 46.5 Å². The highest BCUT2D eigenvalue weighted by atomic mass is 35.5. The van der Waals surface area contributed by atoms with E-state index in [2.05, 4.69) is 0 Å². The molecule has 0 fully saturated rings. The highest BCUT2D eigenvalue weighted by molar-refractivity contribution is 7.17. The Hall–Kier alpha value is -3.08. The fourth-order valence-electron chi connectivity index (χ4n) is 2.78. The molecule has 0 aliphatic carbocycles. The molecule has 0 unspecified atom stereocenters. The summed E-state index contributed by atoms with van der Waals surface area (Å²) >= 11 is 7.41. The third-order valence-electron chi connectivity index (χ3n) is 4.09. The van der Waals surface area contributed by atoms with E-state index in [-0.39, 0.29) is 11.5 Å². The van der Waals surface area contributed by atoms with Gasteiger partial charge in [-0.2, -0.15) is 0 Å². The van der Waals surface area contributed by atoms with Crippen LogP contribution in [0.2, 0.25) is 5.02 Å². The number of phenolic OH excluding ortho intramolecular Hbond substituents is 1. The van der Waals surface area contributed by atoms with E-state index in [1.807, 2.05) is 42.5 Å². The van der Waals surface area contributed by atoms with Gasteiger partial charge in [0.25, 0.3) is 0 Å². The number of ketones is 1. The lowest BCUT2D eigenvalue weighted by molar-refractivity contribution is 0.104. The number of carbonyl (C=O) groups is 1. The van der Waals surface area contributed by atoms with Crippen LogP contribution in [0.4, 0.5) is 0 Å². The maximum atomic E-state index is 12.6. The molecule has 3 nitrogen and oxygen atoms in total. The molecule has 138 valence electrons. The second kappa shape index (κ2) is 7.89. The van der Waals surface area contributed by atoms with Gasteiger partial charge < -0.3 is 9.84 Å². The smallest absolute Gasteiger partial charge is 0.203 e. The lowest BCUT2D eigenvalue weighted by Crippen LogP contribution is -1.97. The van der Waals surface area contributed by atoms with Crippen molar-refractivity contribution in [3.63, 3.8) is 0 Å². The average molecular weight is 407 g/mol. The van der Waals surface area contributed by atoms with Gasteiger partial charge in [-0.15, -0.1) is 11.3 Å². The van der Waals surface area contributed by atoms with Gasteiger partial charge >= 0.3 is 0 Å². The molecule has 1 heterocycles. The van der Waals surface area contributed by atoms with Gasteiger partial charge in [-0.3, -0.25) is 4.79 Å². The van der Waals surface area contributed by atoms with Crippen molar-refractivity contribution < 1.29 is 14.6 Å². The summed E-state index contributed by atoms with van der Waals surface area (Å²) < 4.78 is 5.88. The number of ether oxygens (including phenoxy) is 1. The lowest BCUT2D eigenvalue weighted by atomic mass is 10.1. The van der Waals surface area contributed by atoms with Crippen molar-refractivity contribution in [1.29, 1.82) is 0 Å². The average Bonchev–Trinajstić information content (AvgIpc) is 3.18. The molecule has 1 N–H and O–H groups in total. The van der Waals surface area contributed by atoms with Gasteiger partial charge in [-0.1, -0.05) is 41.9 Å². The van der Waals surface area contributed by atoms with Crippen molar-refractivity contribution >= 4 is 28.7 Å². The number of thiophene rings is 1. The highest BCUT2D eigenvalue weighted by Gasteiger charge is 2.13. The van der Waals surface area contributed by atoms with E-state index >= 15 is 0 Å². The third-order valence-corrected chi connectivity index (χ3v) is 5.46. The number of hydrogen-bond donors (Lipinski definition) is 1. The molecule has 0 atom stereocenters. The number of carbonyl (C=O) groups excluding carboxylic acids is 1. The Morgan fingerprint density at radius 2 is 1.61 bits per heavy atom. The highest BCUT2D eigenvalue weighted by Crippen LogP contribution is 2.33. The van der Waals surface area contributed by atoms with Crippen molar-refractivity contribution in [1.82, 2.24) is 0 Å². The number of benzene rings is 3. The molecule has 0 radical (unpaired) electrons. The van der Waals surface area contributed by atoms with Gasteiger partial charge in [0.05, 0.1) is 4.88 Å². The standard InChI is InChI=1S/C23H15ClO3S/c24-17-6-3-9-20(14-17)27-19-8-2-4-15(13-19)21-10-11-22(28-21)23(26)16-5-1-7-18(25)12-16/h1-14,25H. The zero-order chi connectivity index (χ0) is 19.5. The zero-order valence-corrected chi connectivity index (χ0v) is 16.2. The molecular formula is C23H15ClO3S. The van der Waals surface area contributed by atoms with Crippen molar-refractivity contribution in [2.45, 2.75) is 0 Å². The molecule has 4 aromatic rings. The van der Waals surface area contributed by atoms with Crippen LogP contribution in [0.1, 0.15) is 15.2 Å². The van der Waals surface area contributed by atoms with Crippen LogP contribution in [0.5, 0.6) is 17.2 Å². The first kappa shape index (κ1) is 18.3. The van der Waals surface area contributed by atoms with Crippen molar-refractivity contribution in [2.75, 3.05) is 0 Å². The molecule has 4 rings (SSSR count). The van der Waals surface area contributed by atoms with Gasteiger partial charge in [-0.25, -0.2) is 0 Å². The summed E-state index contributed by atoms with van der Waals surface area (Å²) in [6, 6.07) is 25.0. The zero-order valence-electron chi connectivity index (χ0n) is 14.6. The molecule has 0 spiro atoms. The van der Waals surface area contributed by atoms with Crippen molar-refractivity contribution in [3.8, 4) is 27.7 Å². The molecule has 5 heteroatoms. The molecule has 0 aliphatic rings. The van der Waals surface area contributed by atoms with Gasteiger partial charge in [0.15, 0.2) is 0 Å². The number of phenols is 1. The van der Waals surface area contributed by atoms with Crippen LogP contribution in [0.25, 0.3) is 10.4 Å². The summed E-state index contributed by atoms with van der Waals surface area (Å²) in [5.74, 6) is 1.32. The van der Waals surface area contributed by atoms with Crippen molar-refractivity contribution in [2.24, 2.45) is 0 Å². The fraction of sp³-hybridized carbons (Fsp3) is 0. The van der Waals surface area contributed by atoms with Gasteiger partial charge in [0.2, 0.25) is 5.78 Å². The van der Waals surface area contributed by atoms with Crippen LogP contribution >= 0.6 is 22.9 Å². The minimum atomic E-state index is -0.113. The summed E-state index contributed by atoms with van der Waals surface area (Å²) in [6.45, 7) is 0. The number of rotatable bonds is 5. The Bertz CT molecular complexity index is 1150. The van der Waals surface area contributed by atoms with Crippen molar-refractivity contribution in [3.05, 3.63) is 100 Å². The summed E-state index contributed by atoms with van der Waals surface area (Å²) in [5, 5.41) is 10.2. The number of halogens is 1. The summed E-state index contributed by atoms with van der Waals surface area (Å²) in [5.41, 5.74) is 1.42. The first-order chi connectivity index (χ1) is 13.6. The molecule has 0 amide bonds. The quantitative estimate of drug-likeness (QED) is 0.371. The summed E-state index contributed by atoms with van der Waals surface area (Å²) in [6.07, 6.45) is 0. The number of hydrogen-bond acceptors (Lipinski definition) is 4. The Morgan fingerprint density at radius 3 is 2.39 bits per heavy atom. The van der Waals surface area contributed by atoms with E-state index in [1.165, 1.54) is 17.4 Å². The molecule has 3 aromatic carbocycles. The maximum Gasteiger partial charge on any atom is 0.203 e. The van der Waals surface area contributed by atoms with Crippen LogP contribution in [0, 0.1) is 0 Å². The first-order valence-electron chi connectivity index (χ1n) is 8.56. The van der Waals surface area contributed by atoms with Gasteiger partial charge in [-0.05, 0) is 60.2 Å². The maximum absolute atomic E-state index is 12.6. The Balaban J connectivity index is 1.58. The van der Waals surface area contributed by atoms with E-state index in [0.717, 1.165) is 10.4 Å². The predicted octanol–water partition coefficient (Wildman–Crippen LogP) is 6.80. The third kappa shape index (κ3) is 4.09. The minimum Gasteiger partial charge on any atom is -0.508 e. The molecular weight excluding hydrogens is 392 g/mol. The second-order valence-electron chi connectivity index (χ2n) is 6.13. The van der Waals surface area contributed by atoms with E-state index in [4.69, 9.17) is 16.3 Å². The summed E-state index contributed by atoms with van der Waals surface area (Å²) in [7, 11) is 0. The van der Waals surface area contributed by atoms with Gasteiger partial charge in [0, 0.05) is 15.5 Å². The number of aromatic hydroxyl groups is 1. The monoisotopic (exact) mass is 406 g/mol. The molecule has 0 aliphatic heterocycles. The minimum absolute atomic E-state index is 0.0773. The van der Waals surface area contributed by atoms with E-state index in [9.17, 15) is 9.90 Å². The molecule has 0 saturated carbocycles. The van der Waals surface area contributed by atoms with Crippen LogP contribution in [0.3, 0.4) is 0 Å². The first-order valence-corrected chi connectivity index (χ1v) is 9.75. The van der Waals surface area contributed by atoms with Crippen LogP contribution in [0.15, 0.2) is 84.9 Å². The largest absolute Gasteiger partial charge is 0.508 e. The van der Waals surface area contributed by atoms with Crippen LogP contribution < -0.4 is 4.74 Å². The second-order valence-corrected chi connectivity index (χ2v) is 7.65. The lowest BCUT2D eigenvalue weighted by Gasteiger charge is -2.07. The SMILES string of the molecule is O=C(c1cccc(O)c1)c1ccc(-c2cccc(Oc3cccc(Cl)c3)c2)s1. The summed E-state index contributed by atoms with van der Waals surface area (Å²) in [4.78, 5) is 14.2. The van der Waals surface area contributed by atoms with Crippen LogP contribution in [-0.2, 0) is 0 Å². The normalized spacial score (nSPS) is 10.6. The predicted molar refractivity (Wildman–Crippen MR) is 113 cm³/mol. The Morgan fingerprint density at radius 1 is 0.857 bits per heavy atom. The molecule has 1 aromatic heterocycles. The molecule has 0 bridgehead atoms. The molecule has 28 heavy (non-hydrogen) atoms. The van der Waals surface area contributed by atoms with Gasteiger partial charge in [0.1, 0.15) is 17.2 Å². The van der Waals surface area contributed by atoms with E-state index < -0.39 is 0 Å². The van der Waals surface area contributed by atoms with Crippen LogP contribution in [-0.4, -0.2) is 10.9 Å². The Labute approximate surface area is 171 Å². The fourth-order valence-corrected chi connectivity index (χ4v) is 3.93.